The van der Waals surface area contributed by atoms with Gasteiger partial charge in [0.15, 0.2) is 0 Å². The average molecular weight is 417 g/mol. The predicted molar refractivity (Wildman–Crippen MR) is 119 cm³/mol. The monoisotopic (exact) mass is 416 g/mol. The summed E-state index contributed by atoms with van der Waals surface area (Å²) in [7, 11) is 0. The van der Waals surface area contributed by atoms with Crippen LogP contribution in [0.1, 0.15) is 51.7 Å². The molecule has 2 aliphatic rings. The van der Waals surface area contributed by atoms with Crippen molar-refractivity contribution in [1.29, 1.82) is 0 Å². The fourth-order valence-corrected chi connectivity index (χ4v) is 4.66. The van der Waals surface area contributed by atoms with Gasteiger partial charge in [-0.2, -0.15) is 0 Å². The highest BCUT2D eigenvalue weighted by Gasteiger charge is 2.39. The van der Waals surface area contributed by atoms with Crippen molar-refractivity contribution in [3.8, 4) is 0 Å². The largest absolute Gasteiger partial charge is 0.378 e. The zero-order valence-corrected chi connectivity index (χ0v) is 18.6. The Labute approximate surface area is 177 Å². The van der Waals surface area contributed by atoms with Crippen LogP contribution in [0.2, 0.25) is 0 Å². The molecule has 1 unspecified atom stereocenters. The minimum atomic E-state index is -0.607. The molecule has 2 amide bonds. The molecule has 0 aliphatic carbocycles. The van der Waals surface area contributed by atoms with E-state index in [-0.39, 0.29) is 17.2 Å². The van der Waals surface area contributed by atoms with E-state index in [1.807, 2.05) is 32.9 Å². The number of hydrogen-bond acceptors (Lipinski definition) is 5. The Hall–Kier alpha value is -1.99. The number of amides is 2. The fourth-order valence-electron chi connectivity index (χ4n) is 3.64. The van der Waals surface area contributed by atoms with Gasteiger partial charge in [0.05, 0.1) is 11.9 Å². The molecule has 6 nitrogen and oxygen atoms in total. The van der Waals surface area contributed by atoms with Crippen LogP contribution in [0.15, 0.2) is 30.0 Å². The zero-order chi connectivity index (χ0) is 21.2. The molecule has 0 aromatic heterocycles. The van der Waals surface area contributed by atoms with Gasteiger partial charge in [-0.15, -0.1) is 11.8 Å². The zero-order valence-electron chi connectivity index (χ0n) is 17.7. The maximum Gasteiger partial charge on any atom is 0.243 e. The molecule has 0 spiro atoms. The van der Waals surface area contributed by atoms with Crippen molar-refractivity contribution in [3.63, 3.8) is 0 Å². The summed E-state index contributed by atoms with van der Waals surface area (Å²) < 4.78 is 0. The van der Waals surface area contributed by atoms with E-state index in [9.17, 15) is 9.59 Å². The fraction of sp³-hybridized carbons (Fsp3) is 0.545. The van der Waals surface area contributed by atoms with Crippen molar-refractivity contribution >= 4 is 28.5 Å². The third-order valence-electron chi connectivity index (χ3n) is 5.61. The van der Waals surface area contributed by atoms with E-state index in [0.29, 0.717) is 19.5 Å². The smallest absolute Gasteiger partial charge is 0.243 e. The minimum Gasteiger partial charge on any atom is -0.378 e. The molecule has 1 aromatic rings. The Morgan fingerprint density at radius 3 is 2.59 bits per heavy atom. The first-order chi connectivity index (χ1) is 13.7. The number of carbonyl (C=O) groups is 2. The van der Waals surface area contributed by atoms with Gasteiger partial charge in [0, 0.05) is 23.7 Å². The summed E-state index contributed by atoms with van der Waals surface area (Å²) in [5, 5.41) is 6.33. The summed E-state index contributed by atoms with van der Waals surface area (Å²) in [5.74, 6) is 0.676. The molecular weight excluding hydrogens is 384 g/mol. The summed E-state index contributed by atoms with van der Waals surface area (Å²) in [5.41, 5.74) is 9.25. The van der Waals surface area contributed by atoms with Crippen molar-refractivity contribution in [3.05, 3.63) is 41.1 Å². The first-order valence-electron chi connectivity index (χ1n) is 10.2. The summed E-state index contributed by atoms with van der Waals surface area (Å²) in [6.45, 7) is 8.97. The lowest BCUT2D eigenvalue weighted by Gasteiger charge is -2.32. The molecule has 1 aromatic carbocycles. The lowest BCUT2D eigenvalue weighted by molar-refractivity contribution is -0.141. The second kappa shape index (κ2) is 8.79. The van der Waals surface area contributed by atoms with Gasteiger partial charge in [0.1, 0.15) is 6.04 Å². The second-order valence-electron chi connectivity index (χ2n) is 8.87. The highest BCUT2D eigenvalue weighted by Crippen LogP contribution is 2.33. The van der Waals surface area contributed by atoms with Gasteiger partial charge in [-0.25, -0.2) is 0 Å². The van der Waals surface area contributed by atoms with Gasteiger partial charge in [0.25, 0.3) is 0 Å². The van der Waals surface area contributed by atoms with E-state index < -0.39 is 12.1 Å². The first-order valence-corrected chi connectivity index (χ1v) is 11.2. The Bertz CT molecular complexity index is 798. The molecule has 4 N–H and O–H groups in total. The molecule has 158 valence electrons. The van der Waals surface area contributed by atoms with Crippen LogP contribution in [-0.2, 0) is 16.1 Å². The van der Waals surface area contributed by atoms with E-state index in [2.05, 4.69) is 29.7 Å². The average Bonchev–Trinajstić information content (AvgIpc) is 3.33. The van der Waals surface area contributed by atoms with E-state index >= 15 is 0 Å². The van der Waals surface area contributed by atoms with Crippen molar-refractivity contribution in [2.45, 2.75) is 59.2 Å². The van der Waals surface area contributed by atoms with Crippen LogP contribution in [0, 0.1) is 5.41 Å². The molecule has 0 radical (unpaired) electrons. The molecule has 7 heteroatoms. The maximum atomic E-state index is 12.8. The number of nitrogens with two attached hydrogens (primary N) is 1. The van der Waals surface area contributed by atoms with Gasteiger partial charge in [-0.3, -0.25) is 9.59 Å². The quantitative estimate of drug-likeness (QED) is 0.687. The second-order valence-corrected chi connectivity index (χ2v) is 9.85. The molecule has 2 heterocycles. The third kappa shape index (κ3) is 4.95. The molecule has 2 atom stereocenters. The summed E-state index contributed by atoms with van der Waals surface area (Å²) in [6, 6.07) is 7.24. The number of likely N-dealkylation sites (tertiary alicyclic amines) is 1. The molecule has 0 saturated carbocycles. The van der Waals surface area contributed by atoms with Crippen molar-refractivity contribution < 1.29 is 9.59 Å². The Kier molecular flexibility index (Phi) is 6.58. The van der Waals surface area contributed by atoms with Crippen LogP contribution in [0.3, 0.4) is 0 Å². The molecule has 1 fully saturated rings. The van der Waals surface area contributed by atoms with Gasteiger partial charge >= 0.3 is 0 Å². The number of thioether (sulfide) groups is 1. The van der Waals surface area contributed by atoms with Gasteiger partial charge in [0.2, 0.25) is 11.8 Å². The number of allylic oxidation sites excluding steroid dienone is 1. The number of nitrogens with one attached hydrogen (secondary N) is 2. The van der Waals surface area contributed by atoms with Crippen LogP contribution in [0.25, 0.3) is 4.91 Å². The number of hydrogen-bond donors (Lipinski definition) is 3. The van der Waals surface area contributed by atoms with Gasteiger partial charge in [-0.1, -0.05) is 45.0 Å². The van der Waals surface area contributed by atoms with E-state index in [0.717, 1.165) is 17.9 Å². The summed E-state index contributed by atoms with van der Waals surface area (Å²) in [6.07, 6.45) is 1.51. The van der Waals surface area contributed by atoms with E-state index in [1.165, 1.54) is 16.2 Å². The number of rotatable bonds is 5. The molecule has 29 heavy (non-hydrogen) atoms. The van der Waals surface area contributed by atoms with Crippen molar-refractivity contribution in [1.82, 2.24) is 15.5 Å². The Morgan fingerprint density at radius 1 is 1.31 bits per heavy atom. The van der Waals surface area contributed by atoms with Gasteiger partial charge < -0.3 is 21.3 Å². The number of carbonyl (C=O) groups excluding carboxylic acids is 2. The van der Waals surface area contributed by atoms with Crippen LogP contribution < -0.4 is 16.4 Å². The highest BCUT2D eigenvalue weighted by molar-refractivity contribution is 8.08. The topological polar surface area (TPSA) is 87.5 Å². The van der Waals surface area contributed by atoms with Crippen LogP contribution >= 0.6 is 11.8 Å². The summed E-state index contributed by atoms with van der Waals surface area (Å²) >= 11 is 1.80. The molecular formula is C22H32N4O2S. The first kappa shape index (κ1) is 21.7. The van der Waals surface area contributed by atoms with Crippen LogP contribution in [-0.4, -0.2) is 41.2 Å². The standard InChI is InChI=1S/C22H32N4O2S/c1-14-18(29-13-25-14)16-9-7-15(8-10-16)12-24-20(27)17-6-5-11-26(17)21(28)19(23)22(2,3)4/h7-10,17,19,25H,5-6,11-13,23H2,1-4H3,(H,24,27)/t17-,19?/m0/s1. The SMILES string of the molecule is CC1=C(c2ccc(CNC(=O)[C@@H]3CCCN3C(=O)C(N)C(C)(C)C)cc2)SCN1. The summed E-state index contributed by atoms with van der Waals surface area (Å²) in [4.78, 5) is 28.5. The van der Waals surface area contributed by atoms with Crippen molar-refractivity contribution in [2.75, 3.05) is 12.4 Å². The normalized spacial score (nSPS) is 20.6. The minimum absolute atomic E-state index is 0.102. The van der Waals surface area contributed by atoms with Crippen LogP contribution in [0.5, 0.6) is 0 Å². The Morgan fingerprint density at radius 2 is 2.00 bits per heavy atom. The molecule has 2 aliphatic heterocycles. The van der Waals surface area contributed by atoms with E-state index in [4.69, 9.17) is 5.73 Å². The lowest BCUT2D eigenvalue weighted by Crippen LogP contribution is -2.54. The van der Waals surface area contributed by atoms with E-state index in [1.54, 1.807) is 16.7 Å². The molecule has 1 saturated heterocycles. The highest BCUT2D eigenvalue weighted by atomic mass is 32.2. The Balaban J connectivity index is 1.58. The van der Waals surface area contributed by atoms with Crippen LogP contribution in [0.4, 0.5) is 0 Å². The maximum absolute atomic E-state index is 12.8. The predicted octanol–water partition coefficient (Wildman–Crippen LogP) is 2.65. The lowest BCUT2D eigenvalue weighted by atomic mass is 9.86. The number of benzene rings is 1. The molecule has 0 bridgehead atoms. The molecule has 3 rings (SSSR count). The van der Waals surface area contributed by atoms with Gasteiger partial charge in [-0.05, 0) is 36.3 Å². The number of nitrogens with zero attached hydrogens (tertiary/aromatic N) is 1. The van der Waals surface area contributed by atoms with Crippen molar-refractivity contribution in [2.24, 2.45) is 11.1 Å². The third-order valence-corrected chi connectivity index (χ3v) is 6.73.